The van der Waals surface area contributed by atoms with Crippen LogP contribution in [0, 0.1) is 0 Å². The molecule has 1 fully saturated rings. The number of aliphatic hydroxyl groups excluding tert-OH is 1. The van der Waals surface area contributed by atoms with E-state index in [1.54, 1.807) is 42.2 Å². The van der Waals surface area contributed by atoms with Gasteiger partial charge in [-0.15, -0.1) is 0 Å². The second-order valence-electron chi connectivity index (χ2n) is 9.23. The number of anilines is 1. The molecule has 0 radical (unpaired) electrons. The number of fused-ring (bicyclic) bond motifs is 1. The SMILES string of the molecule is CC1=Nc2cc(OCCOCCOCCOCCOc3ccc(N)cc3)ccc2C(O)N1C1CCC(=O)NC1=O. The topological polar surface area (TPSA) is 154 Å². The lowest BCUT2D eigenvalue weighted by Gasteiger charge is -2.40. The van der Waals surface area contributed by atoms with Crippen molar-refractivity contribution in [2.45, 2.75) is 32.0 Å². The predicted octanol–water partition coefficient (Wildman–Crippen LogP) is 1.94. The number of carbonyl (C=O) groups excluding carboxylic acids is 2. The number of benzene rings is 2. The number of nitrogens with zero attached hydrogens (tertiary/aromatic N) is 2. The maximum Gasteiger partial charge on any atom is 0.249 e. The van der Waals surface area contributed by atoms with Crippen LogP contribution in [-0.4, -0.2) is 86.6 Å². The Morgan fingerprint density at radius 1 is 0.900 bits per heavy atom. The first-order valence-corrected chi connectivity index (χ1v) is 13.3. The van der Waals surface area contributed by atoms with Gasteiger partial charge in [0.25, 0.3) is 0 Å². The maximum absolute atomic E-state index is 12.3. The molecule has 0 spiro atoms. The van der Waals surface area contributed by atoms with Crippen LogP contribution in [0.1, 0.15) is 31.6 Å². The summed E-state index contributed by atoms with van der Waals surface area (Å²) < 4.78 is 27.8. The number of carbonyl (C=O) groups is 2. The zero-order valence-electron chi connectivity index (χ0n) is 22.5. The summed E-state index contributed by atoms with van der Waals surface area (Å²) in [5.74, 6) is 1.10. The number of nitrogens with one attached hydrogen (secondary N) is 1. The fourth-order valence-corrected chi connectivity index (χ4v) is 4.37. The van der Waals surface area contributed by atoms with Crippen molar-refractivity contribution in [1.29, 1.82) is 0 Å². The number of nitrogen functional groups attached to an aromatic ring is 1. The van der Waals surface area contributed by atoms with Gasteiger partial charge < -0.3 is 39.4 Å². The van der Waals surface area contributed by atoms with Gasteiger partial charge in [-0.25, -0.2) is 4.99 Å². The number of amides is 2. The molecule has 2 aliphatic rings. The lowest BCUT2D eigenvalue weighted by Crippen LogP contribution is -2.55. The highest BCUT2D eigenvalue weighted by atomic mass is 16.6. The Kier molecular flexibility index (Phi) is 10.7. The third kappa shape index (κ3) is 8.15. The first kappa shape index (κ1) is 29.3. The average Bonchev–Trinajstić information content (AvgIpc) is 2.93. The summed E-state index contributed by atoms with van der Waals surface area (Å²) in [7, 11) is 0. The molecule has 40 heavy (non-hydrogen) atoms. The molecule has 2 heterocycles. The lowest BCUT2D eigenvalue weighted by atomic mass is 10.0. The van der Waals surface area contributed by atoms with Crippen molar-refractivity contribution in [1.82, 2.24) is 10.2 Å². The highest BCUT2D eigenvalue weighted by molar-refractivity contribution is 6.02. The van der Waals surface area contributed by atoms with Crippen LogP contribution >= 0.6 is 0 Å². The first-order chi connectivity index (χ1) is 19.4. The molecule has 4 rings (SSSR count). The van der Waals surface area contributed by atoms with E-state index in [9.17, 15) is 14.7 Å². The molecule has 0 saturated carbocycles. The highest BCUT2D eigenvalue weighted by Gasteiger charge is 2.38. The summed E-state index contributed by atoms with van der Waals surface area (Å²) in [6.45, 7) is 5.16. The number of aliphatic imine (C=N–C) groups is 1. The van der Waals surface area contributed by atoms with Crippen molar-refractivity contribution in [3.8, 4) is 11.5 Å². The van der Waals surface area contributed by atoms with Gasteiger partial charge in [0.2, 0.25) is 11.8 Å². The van der Waals surface area contributed by atoms with Crippen molar-refractivity contribution in [2.24, 2.45) is 4.99 Å². The summed E-state index contributed by atoms with van der Waals surface area (Å²) in [6, 6.07) is 11.8. The van der Waals surface area contributed by atoms with Gasteiger partial charge in [-0.3, -0.25) is 14.9 Å². The molecule has 2 aromatic rings. The van der Waals surface area contributed by atoms with Crippen molar-refractivity contribution >= 4 is 29.0 Å². The largest absolute Gasteiger partial charge is 0.491 e. The number of piperidine rings is 1. The molecular weight excluding hydrogens is 520 g/mol. The Morgan fingerprint density at radius 2 is 1.48 bits per heavy atom. The minimum Gasteiger partial charge on any atom is -0.491 e. The predicted molar refractivity (Wildman–Crippen MR) is 146 cm³/mol. The summed E-state index contributed by atoms with van der Waals surface area (Å²) >= 11 is 0. The average molecular weight is 557 g/mol. The van der Waals surface area contributed by atoms with Crippen molar-refractivity contribution < 1.29 is 38.4 Å². The number of nitrogens with two attached hydrogens (primary N) is 1. The number of imide groups is 1. The minimum atomic E-state index is -1.05. The van der Waals surface area contributed by atoms with E-state index in [1.165, 1.54) is 0 Å². The van der Waals surface area contributed by atoms with Crippen LogP contribution < -0.4 is 20.5 Å². The van der Waals surface area contributed by atoms with E-state index in [0.717, 1.165) is 5.75 Å². The summed E-state index contributed by atoms with van der Waals surface area (Å²) in [6.07, 6.45) is -0.509. The third-order valence-corrected chi connectivity index (χ3v) is 6.36. The van der Waals surface area contributed by atoms with Crippen LogP contribution in [0.25, 0.3) is 0 Å². The van der Waals surface area contributed by atoms with Gasteiger partial charge in [0.1, 0.15) is 36.6 Å². The molecule has 0 bridgehead atoms. The second-order valence-corrected chi connectivity index (χ2v) is 9.23. The Labute approximate surface area is 233 Å². The normalized spacial score (nSPS) is 18.6. The summed E-state index contributed by atoms with van der Waals surface area (Å²) in [5, 5.41) is 13.3. The van der Waals surface area contributed by atoms with Crippen LogP contribution in [0.15, 0.2) is 47.5 Å². The van der Waals surface area contributed by atoms with Crippen LogP contribution in [-0.2, 0) is 23.8 Å². The van der Waals surface area contributed by atoms with E-state index in [4.69, 9.17) is 29.4 Å². The van der Waals surface area contributed by atoms with Crippen molar-refractivity contribution in [3.63, 3.8) is 0 Å². The van der Waals surface area contributed by atoms with E-state index in [1.807, 2.05) is 12.1 Å². The van der Waals surface area contributed by atoms with E-state index in [2.05, 4.69) is 10.3 Å². The number of rotatable bonds is 15. The Morgan fingerprint density at radius 3 is 2.10 bits per heavy atom. The summed E-state index contributed by atoms with van der Waals surface area (Å²) in [5.41, 5.74) is 7.47. The number of hydrogen-bond acceptors (Lipinski definition) is 11. The second kappa shape index (κ2) is 14.6. The minimum absolute atomic E-state index is 0.220. The van der Waals surface area contributed by atoms with Gasteiger partial charge >= 0.3 is 0 Å². The van der Waals surface area contributed by atoms with E-state index >= 15 is 0 Å². The molecule has 2 atom stereocenters. The van der Waals surface area contributed by atoms with Gasteiger partial charge in [0.15, 0.2) is 6.23 Å². The van der Waals surface area contributed by atoms with Crippen molar-refractivity contribution in [3.05, 3.63) is 48.0 Å². The van der Waals surface area contributed by atoms with Crippen molar-refractivity contribution in [2.75, 3.05) is 58.6 Å². The molecule has 2 amide bonds. The molecule has 12 heteroatoms. The molecular formula is C28H36N4O8. The summed E-state index contributed by atoms with van der Waals surface area (Å²) in [4.78, 5) is 29.9. The lowest BCUT2D eigenvalue weighted by molar-refractivity contribution is -0.139. The Bertz CT molecular complexity index is 1170. The molecule has 2 aromatic carbocycles. The van der Waals surface area contributed by atoms with Gasteiger partial charge in [-0.2, -0.15) is 0 Å². The monoisotopic (exact) mass is 556 g/mol. The van der Waals surface area contributed by atoms with Crippen LogP contribution in [0.5, 0.6) is 11.5 Å². The van der Waals surface area contributed by atoms with Gasteiger partial charge in [-0.1, -0.05) is 0 Å². The molecule has 0 aliphatic carbocycles. The van der Waals surface area contributed by atoms with Gasteiger partial charge in [-0.05, 0) is 49.7 Å². The fourth-order valence-electron chi connectivity index (χ4n) is 4.37. The smallest absolute Gasteiger partial charge is 0.249 e. The quantitative estimate of drug-likeness (QED) is 0.168. The van der Waals surface area contributed by atoms with Gasteiger partial charge in [0.05, 0.1) is 45.3 Å². The molecule has 1 saturated heterocycles. The van der Waals surface area contributed by atoms with E-state index in [0.29, 0.717) is 87.8 Å². The maximum atomic E-state index is 12.3. The van der Waals surface area contributed by atoms with Gasteiger partial charge in [0, 0.05) is 23.7 Å². The number of amidine groups is 1. The molecule has 216 valence electrons. The zero-order valence-corrected chi connectivity index (χ0v) is 22.5. The van der Waals surface area contributed by atoms with Crippen LogP contribution in [0.3, 0.4) is 0 Å². The zero-order chi connectivity index (χ0) is 28.3. The first-order valence-electron chi connectivity index (χ1n) is 13.3. The molecule has 0 aromatic heterocycles. The van der Waals surface area contributed by atoms with E-state index < -0.39 is 18.2 Å². The number of hydrogen-bond donors (Lipinski definition) is 3. The molecule has 2 aliphatic heterocycles. The Balaban J connectivity index is 1.06. The van der Waals surface area contributed by atoms with Crippen LogP contribution in [0.2, 0.25) is 0 Å². The van der Waals surface area contributed by atoms with E-state index in [-0.39, 0.29) is 12.3 Å². The third-order valence-electron chi connectivity index (χ3n) is 6.36. The number of aliphatic hydroxyl groups is 1. The molecule has 2 unspecified atom stereocenters. The van der Waals surface area contributed by atoms with Crippen LogP contribution in [0.4, 0.5) is 11.4 Å². The number of ether oxygens (including phenoxy) is 5. The molecule has 4 N–H and O–H groups in total. The fraction of sp³-hybridized carbons (Fsp3) is 0.464. The Hall–Kier alpha value is -3.71. The highest BCUT2D eigenvalue weighted by Crippen LogP contribution is 2.37. The standard InChI is InChI=1S/C28H36N4O8/c1-19-30-24-18-22(6-7-23(24)28(35)32(19)25-8-9-26(33)31-27(25)34)40-17-15-38-13-11-36-10-12-37-14-16-39-21-4-2-20(29)3-5-21/h2-7,18,25,28,35H,8-17,29H2,1H3,(H,31,33,34). The molecule has 12 nitrogen and oxygen atoms in total.